The molecule has 3 aromatic rings. The van der Waals surface area contributed by atoms with Gasteiger partial charge in [-0.15, -0.1) is 11.3 Å². The second-order valence-corrected chi connectivity index (χ2v) is 7.61. The fourth-order valence-corrected chi connectivity index (χ4v) is 3.67. The highest BCUT2D eigenvalue weighted by Gasteiger charge is 2.24. The first kappa shape index (κ1) is 18.8. The summed E-state index contributed by atoms with van der Waals surface area (Å²) >= 11 is 1.26. The molecule has 0 atom stereocenters. The lowest BCUT2D eigenvalue weighted by molar-refractivity contribution is 0.0379. The van der Waals surface area contributed by atoms with E-state index in [2.05, 4.69) is 5.32 Å². The van der Waals surface area contributed by atoms with Gasteiger partial charge in [0.05, 0.1) is 11.7 Å². The molecule has 0 saturated carbocycles. The minimum absolute atomic E-state index is 0.124. The third-order valence-corrected chi connectivity index (χ3v) is 5.17. The lowest BCUT2D eigenvalue weighted by Gasteiger charge is -2.10. The number of amides is 1. The van der Waals surface area contributed by atoms with Gasteiger partial charge < -0.3 is 14.5 Å². The summed E-state index contributed by atoms with van der Waals surface area (Å²) in [4.78, 5) is 38.2. The zero-order valence-corrected chi connectivity index (χ0v) is 16.2. The number of hydrogen-bond donors (Lipinski definition) is 1. The molecule has 0 spiro atoms. The normalized spacial score (nSPS) is 11.0. The highest BCUT2D eigenvalue weighted by Crippen LogP contribution is 2.33. The largest absolute Gasteiger partial charge is 0.459 e. The topological polar surface area (TPSA) is 85.6 Å². The quantitative estimate of drug-likeness (QED) is 0.535. The Kier molecular flexibility index (Phi) is 5.14. The van der Waals surface area contributed by atoms with E-state index in [4.69, 9.17) is 9.15 Å². The molecule has 7 heteroatoms. The molecule has 0 fully saturated rings. The second kappa shape index (κ2) is 7.36. The van der Waals surface area contributed by atoms with Crippen LogP contribution in [0.15, 0.2) is 39.5 Å². The Morgan fingerprint density at radius 2 is 1.89 bits per heavy atom. The van der Waals surface area contributed by atoms with Gasteiger partial charge in [-0.25, -0.2) is 9.59 Å². The first-order valence-corrected chi connectivity index (χ1v) is 9.24. The predicted octanol–water partition coefficient (Wildman–Crippen LogP) is 4.29. The van der Waals surface area contributed by atoms with E-state index in [9.17, 15) is 14.4 Å². The number of thiophene rings is 1. The van der Waals surface area contributed by atoms with Crippen LogP contribution in [-0.2, 0) is 4.74 Å². The van der Waals surface area contributed by atoms with Crippen LogP contribution in [0.3, 0.4) is 0 Å². The van der Waals surface area contributed by atoms with Gasteiger partial charge in [0.25, 0.3) is 5.91 Å². The molecule has 0 radical (unpaired) electrons. The minimum Gasteiger partial charge on any atom is -0.459 e. The Morgan fingerprint density at radius 3 is 2.59 bits per heavy atom. The van der Waals surface area contributed by atoms with Crippen LogP contribution in [0.5, 0.6) is 0 Å². The Balaban J connectivity index is 1.97. The molecule has 3 rings (SSSR count). The molecule has 0 aliphatic carbocycles. The summed E-state index contributed by atoms with van der Waals surface area (Å²) in [6.07, 6.45) is -0.284. The zero-order valence-electron chi connectivity index (χ0n) is 15.4. The van der Waals surface area contributed by atoms with Crippen molar-refractivity contribution in [1.29, 1.82) is 0 Å². The highest BCUT2D eigenvalue weighted by atomic mass is 32.1. The first-order chi connectivity index (χ1) is 12.8. The van der Waals surface area contributed by atoms with Crippen molar-refractivity contribution in [3.63, 3.8) is 0 Å². The fourth-order valence-electron chi connectivity index (χ4n) is 2.62. The average molecular weight is 385 g/mol. The smallest absolute Gasteiger partial charge is 0.349 e. The molecule has 0 aliphatic heterocycles. The van der Waals surface area contributed by atoms with Crippen molar-refractivity contribution < 1.29 is 18.7 Å². The molecule has 0 aliphatic rings. The molecule has 27 heavy (non-hydrogen) atoms. The van der Waals surface area contributed by atoms with E-state index in [1.165, 1.54) is 17.4 Å². The molecule has 1 aromatic carbocycles. The molecular formula is C20H19NO5S. The van der Waals surface area contributed by atoms with Crippen LogP contribution in [0.1, 0.15) is 45.0 Å². The third kappa shape index (κ3) is 3.78. The number of fused-ring (bicyclic) bond motifs is 1. The molecule has 2 heterocycles. The average Bonchev–Trinajstić information content (AvgIpc) is 2.87. The number of ether oxygens (including phenoxy) is 1. The van der Waals surface area contributed by atoms with Crippen LogP contribution in [0.2, 0.25) is 0 Å². The van der Waals surface area contributed by atoms with Gasteiger partial charge >= 0.3 is 11.6 Å². The van der Waals surface area contributed by atoms with Gasteiger partial charge in [0.2, 0.25) is 0 Å². The number of nitrogens with one attached hydrogen (secondary N) is 1. The van der Waals surface area contributed by atoms with Crippen LogP contribution >= 0.6 is 11.3 Å². The van der Waals surface area contributed by atoms with Crippen LogP contribution < -0.4 is 10.9 Å². The predicted molar refractivity (Wildman–Crippen MR) is 105 cm³/mol. The van der Waals surface area contributed by atoms with E-state index < -0.39 is 17.5 Å². The Labute approximate surface area is 159 Å². The van der Waals surface area contributed by atoms with Gasteiger partial charge in [0.15, 0.2) is 0 Å². The van der Waals surface area contributed by atoms with Crippen molar-refractivity contribution in [2.24, 2.45) is 0 Å². The lowest BCUT2D eigenvalue weighted by Crippen LogP contribution is -2.22. The van der Waals surface area contributed by atoms with Crippen molar-refractivity contribution in [2.45, 2.75) is 33.8 Å². The van der Waals surface area contributed by atoms with Gasteiger partial charge in [0.1, 0.15) is 16.1 Å². The molecule has 140 valence electrons. The van der Waals surface area contributed by atoms with E-state index in [1.54, 1.807) is 45.0 Å². The van der Waals surface area contributed by atoms with Gasteiger partial charge in [-0.2, -0.15) is 0 Å². The number of esters is 1. The van der Waals surface area contributed by atoms with Gasteiger partial charge in [-0.05, 0) is 45.4 Å². The Bertz CT molecular complexity index is 1090. The minimum atomic E-state index is -0.734. The maximum absolute atomic E-state index is 12.7. The first-order valence-electron chi connectivity index (χ1n) is 8.43. The fraction of sp³-hybridized carbons (Fsp3) is 0.250. The Morgan fingerprint density at radius 1 is 1.19 bits per heavy atom. The van der Waals surface area contributed by atoms with Crippen LogP contribution in [0.25, 0.3) is 11.0 Å². The molecule has 0 unspecified atom stereocenters. The maximum atomic E-state index is 12.7. The molecule has 6 nitrogen and oxygen atoms in total. The van der Waals surface area contributed by atoms with Crippen LogP contribution in [-0.4, -0.2) is 18.0 Å². The lowest BCUT2D eigenvalue weighted by atomic mass is 10.1. The highest BCUT2D eigenvalue weighted by molar-refractivity contribution is 7.16. The van der Waals surface area contributed by atoms with E-state index in [-0.39, 0.29) is 11.7 Å². The van der Waals surface area contributed by atoms with Crippen molar-refractivity contribution in [2.75, 3.05) is 5.32 Å². The Hall–Kier alpha value is -2.93. The van der Waals surface area contributed by atoms with E-state index in [1.807, 2.05) is 6.92 Å². The maximum Gasteiger partial charge on any atom is 0.349 e. The van der Waals surface area contributed by atoms with Gasteiger partial charge in [0, 0.05) is 10.3 Å². The van der Waals surface area contributed by atoms with Crippen molar-refractivity contribution in [1.82, 2.24) is 0 Å². The van der Waals surface area contributed by atoms with Crippen LogP contribution in [0, 0.1) is 13.8 Å². The van der Waals surface area contributed by atoms with E-state index in [0.717, 1.165) is 10.4 Å². The number of para-hydroxylation sites is 1. The standard InChI is InChI=1S/C20H19NO5S/c1-10(2)25-20(24)16-11(3)12(4)27-18(16)21-17(22)14-9-13-7-5-6-8-15(13)26-19(14)23/h5-10H,1-4H3,(H,21,22). The summed E-state index contributed by atoms with van der Waals surface area (Å²) < 4.78 is 10.5. The van der Waals surface area contributed by atoms with E-state index in [0.29, 0.717) is 21.5 Å². The van der Waals surface area contributed by atoms with E-state index >= 15 is 0 Å². The van der Waals surface area contributed by atoms with Gasteiger partial charge in [-0.1, -0.05) is 18.2 Å². The third-order valence-electron chi connectivity index (χ3n) is 4.05. The van der Waals surface area contributed by atoms with Gasteiger partial charge in [-0.3, -0.25) is 4.79 Å². The number of carbonyl (C=O) groups is 2. The number of anilines is 1. The summed E-state index contributed by atoms with van der Waals surface area (Å²) in [5, 5.41) is 3.66. The molecule has 1 N–H and O–H groups in total. The second-order valence-electron chi connectivity index (χ2n) is 6.38. The van der Waals surface area contributed by atoms with Crippen molar-refractivity contribution in [3.8, 4) is 0 Å². The van der Waals surface area contributed by atoms with Crippen LogP contribution in [0.4, 0.5) is 5.00 Å². The molecule has 0 bridgehead atoms. The molecule has 2 aromatic heterocycles. The summed E-state index contributed by atoms with van der Waals surface area (Å²) in [7, 11) is 0. The summed E-state index contributed by atoms with van der Waals surface area (Å²) in [6, 6.07) is 8.42. The number of carbonyl (C=O) groups excluding carboxylic acids is 2. The summed E-state index contributed by atoms with van der Waals surface area (Å²) in [5.41, 5.74) is 0.599. The monoisotopic (exact) mass is 385 g/mol. The SMILES string of the molecule is Cc1sc(NC(=O)c2cc3ccccc3oc2=O)c(C(=O)OC(C)C)c1C. The van der Waals surface area contributed by atoms with Crippen molar-refractivity contribution in [3.05, 3.63) is 62.3 Å². The number of aryl methyl sites for hydroxylation is 1. The molecular weight excluding hydrogens is 366 g/mol. The van der Waals surface area contributed by atoms with Crippen molar-refractivity contribution >= 4 is 39.2 Å². The number of benzene rings is 1. The number of rotatable bonds is 4. The summed E-state index contributed by atoms with van der Waals surface area (Å²) in [5.74, 6) is -1.14. The molecule has 1 amide bonds. The summed E-state index contributed by atoms with van der Waals surface area (Å²) in [6.45, 7) is 7.16. The molecule has 0 saturated heterocycles. The number of hydrogen-bond acceptors (Lipinski definition) is 6. The zero-order chi connectivity index (χ0) is 19.7.